The number of hydrogen-bond acceptors (Lipinski definition) is 3. The van der Waals surface area contributed by atoms with E-state index >= 15 is 0 Å². The van der Waals surface area contributed by atoms with E-state index in [0.29, 0.717) is 6.42 Å². The van der Waals surface area contributed by atoms with E-state index in [2.05, 4.69) is 79.9 Å². The lowest BCUT2D eigenvalue weighted by atomic mass is 10.0. The summed E-state index contributed by atoms with van der Waals surface area (Å²) in [5.41, 5.74) is 0. The van der Waals surface area contributed by atoms with Crippen LogP contribution in [-0.4, -0.2) is 34.9 Å². The van der Waals surface area contributed by atoms with E-state index in [-0.39, 0.29) is 12.5 Å². The smallest absolute Gasteiger partial charge is 0.220 e. The maximum absolute atomic E-state index is 12.4. The number of nitrogens with one attached hydrogen (secondary N) is 1. The molecule has 354 valence electrons. The van der Waals surface area contributed by atoms with E-state index in [1.165, 1.54) is 186 Å². The number of rotatable bonds is 48. The van der Waals surface area contributed by atoms with Crippen molar-refractivity contribution in [1.29, 1.82) is 0 Å². The Labute approximate surface area is 380 Å². The SMILES string of the molecule is CC/C=C/CC/C=C/CC/C=C/C(O)C(CO)NC(=O)CCCCCCCCCCCCCCCCCCCCCCCCCC/C=C\C/C=C\C/C=C\CCCCCCC. The van der Waals surface area contributed by atoms with Gasteiger partial charge in [-0.05, 0) is 77.0 Å². The second kappa shape index (κ2) is 52.2. The van der Waals surface area contributed by atoms with Gasteiger partial charge in [0.2, 0.25) is 5.91 Å². The Morgan fingerprint density at radius 3 is 1.13 bits per heavy atom. The third kappa shape index (κ3) is 48.7. The molecule has 2 unspecified atom stereocenters. The summed E-state index contributed by atoms with van der Waals surface area (Å²) in [5.74, 6) is -0.0789. The maximum atomic E-state index is 12.4. The van der Waals surface area contributed by atoms with Crippen molar-refractivity contribution in [3.8, 4) is 0 Å². The van der Waals surface area contributed by atoms with Gasteiger partial charge in [0.15, 0.2) is 0 Å². The molecule has 0 radical (unpaired) electrons. The molecule has 0 saturated heterocycles. The summed E-state index contributed by atoms with van der Waals surface area (Å²) in [7, 11) is 0. The largest absolute Gasteiger partial charge is 0.394 e. The molecule has 4 nitrogen and oxygen atoms in total. The molecule has 4 heteroatoms. The van der Waals surface area contributed by atoms with E-state index < -0.39 is 12.1 Å². The molecule has 0 bridgehead atoms. The second-order valence-electron chi connectivity index (χ2n) is 17.9. The second-order valence-corrected chi connectivity index (χ2v) is 17.9. The fraction of sp³-hybridized carbons (Fsp3) is 0.772. The van der Waals surface area contributed by atoms with E-state index in [4.69, 9.17) is 0 Å². The van der Waals surface area contributed by atoms with Crippen LogP contribution >= 0.6 is 0 Å². The highest BCUT2D eigenvalue weighted by Crippen LogP contribution is 2.16. The minimum Gasteiger partial charge on any atom is -0.394 e. The minimum atomic E-state index is -0.869. The van der Waals surface area contributed by atoms with Crippen molar-refractivity contribution < 1.29 is 15.0 Å². The van der Waals surface area contributed by atoms with Crippen LogP contribution in [0.1, 0.15) is 264 Å². The molecule has 1 amide bonds. The van der Waals surface area contributed by atoms with Gasteiger partial charge in [-0.3, -0.25) is 4.79 Å². The minimum absolute atomic E-state index is 0.0789. The zero-order valence-corrected chi connectivity index (χ0v) is 40.7. The molecule has 0 rings (SSSR count). The zero-order valence-electron chi connectivity index (χ0n) is 40.7. The Bertz CT molecular complexity index is 1050. The van der Waals surface area contributed by atoms with Gasteiger partial charge in [-0.2, -0.15) is 0 Å². The number of carbonyl (C=O) groups is 1. The van der Waals surface area contributed by atoms with Crippen LogP contribution in [0.25, 0.3) is 0 Å². The van der Waals surface area contributed by atoms with Crippen LogP contribution in [0.3, 0.4) is 0 Å². The first-order valence-electron chi connectivity index (χ1n) is 26.7. The number of hydrogen-bond donors (Lipinski definition) is 3. The van der Waals surface area contributed by atoms with Gasteiger partial charge < -0.3 is 15.5 Å². The lowest BCUT2D eigenvalue weighted by Crippen LogP contribution is -2.45. The molecular formula is C57H103NO3. The molecule has 3 N–H and O–H groups in total. The fourth-order valence-corrected chi connectivity index (χ4v) is 7.87. The first-order valence-corrected chi connectivity index (χ1v) is 26.7. The number of aliphatic hydroxyl groups is 2. The average molecular weight is 850 g/mol. The van der Waals surface area contributed by atoms with Gasteiger partial charge in [0.1, 0.15) is 0 Å². The van der Waals surface area contributed by atoms with Crippen molar-refractivity contribution in [1.82, 2.24) is 5.32 Å². The Hall–Kier alpha value is -2.17. The van der Waals surface area contributed by atoms with Crippen LogP contribution in [0.5, 0.6) is 0 Å². The highest BCUT2D eigenvalue weighted by molar-refractivity contribution is 5.76. The van der Waals surface area contributed by atoms with Gasteiger partial charge in [-0.15, -0.1) is 0 Å². The molecule has 0 aliphatic carbocycles. The number of carbonyl (C=O) groups excluding carboxylic acids is 1. The van der Waals surface area contributed by atoms with Crippen LogP contribution in [0, 0.1) is 0 Å². The molecule has 0 aliphatic rings. The van der Waals surface area contributed by atoms with Gasteiger partial charge in [0, 0.05) is 6.42 Å². The summed E-state index contributed by atoms with van der Waals surface area (Å²) >= 11 is 0. The lowest BCUT2D eigenvalue weighted by Gasteiger charge is -2.19. The third-order valence-corrected chi connectivity index (χ3v) is 11.9. The normalized spacial score (nSPS) is 13.4. The Morgan fingerprint density at radius 2 is 0.738 bits per heavy atom. The van der Waals surface area contributed by atoms with Crippen LogP contribution in [-0.2, 0) is 4.79 Å². The molecule has 0 aromatic heterocycles. The van der Waals surface area contributed by atoms with Crippen molar-refractivity contribution in [3.05, 3.63) is 72.9 Å². The van der Waals surface area contributed by atoms with E-state index in [1.54, 1.807) is 6.08 Å². The van der Waals surface area contributed by atoms with Gasteiger partial charge >= 0.3 is 0 Å². The first-order chi connectivity index (χ1) is 30.2. The van der Waals surface area contributed by atoms with E-state index in [9.17, 15) is 15.0 Å². The maximum Gasteiger partial charge on any atom is 0.220 e. The van der Waals surface area contributed by atoms with Crippen molar-refractivity contribution in [2.45, 2.75) is 276 Å². The molecule has 2 atom stereocenters. The quantitative estimate of drug-likeness (QED) is 0.0422. The molecule has 0 aromatic rings. The predicted octanol–water partition coefficient (Wildman–Crippen LogP) is 17.4. The van der Waals surface area contributed by atoms with Crippen molar-refractivity contribution in [2.75, 3.05) is 6.61 Å². The van der Waals surface area contributed by atoms with Crippen LogP contribution < -0.4 is 5.32 Å². The van der Waals surface area contributed by atoms with E-state index in [1.807, 2.05) is 6.08 Å². The molecule has 0 heterocycles. The first kappa shape index (κ1) is 58.8. The van der Waals surface area contributed by atoms with Gasteiger partial charge in [-0.1, -0.05) is 254 Å². The summed E-state index contributed by atoms with van der Waals surface area (Å²) in [6.45, 7) is 4.16. The number of amides is 1. The Morgan fingerprint density at radius 1 is 0.410 bits per heavy atom. The van der Waals surface area contributed by atoms with Gasteiger partial charge in [0.25, 0.3) is 0 Å². The van der Waals surface area contributed by atoms with Crippen molar-refractivity contribution >= 4 is 5.91 Å². The summed E-state index contributed by atoms with van der Waals surface area (Å²) in [5, 5.41) is 22.9. The molecule has 0 spiro atoms. The topological polar surface area (TPSA) is 69.6 Å². The Kier molecular flexibility index (Phi) is 50.3. The summed E-state index contributed by atoms with van der Waals surface area (Å²) in [4.78, 5) is 12.4. The average Bonchev–Trinajstić information content (AvgIpc) is 3.26. The van der Waals surface area contributed by atoms with Crippen molar-refractivity contribution in [3.63, 3.8) is 0 Å². The zero-order chi connectivity index (χ0) is 44.2. The summed E-state index contributed by atoms with van der Waals surface area (Å²) in [6, 6.07) is -0.644. The highest BCUT2D eigenvalue weighted by atomic mass is 16.3. The monoisotopic (exact) mass is 850 g/mol. The van der Waals surface area contributed by atoms with Crippen LogP contribution in [0.15, 0.2) is 72.9 Å². The number of aliphatic hydroxyl groups excluding tert-OH is 2. The molecule has 61 heavy (non-hydrogen) atoms. The summed E-state index contributed by atoms with van der Waals surface area (Å²) < 4.78 is 0. The standard InChI is InChI=1S/C57H103NO3/c1-3-5-7-9-11-13-15-16-17-18-19-20-21-22-23-24-25-26-27-28-29-30-31-32-33-34-35-36-37-38-39-40-41-42-43-45-47-49-51-53-57(61)58-55(54-59)56(60)52-50-48-46-44-14-12-10-8-6-4-2/h6,8,14-16,18-19,21-22,44,50,52,55-56,59-60H,3-5,7,9-13,17,20,23-43,45-49,51,53-54H2,1-2H3,(H,58,61)/b8-6+,16-15-,19-18-,22-21-,44-14+,52-50+. The highest BCUT2D eigenvalue weighted by Gasteiger charge is 2.17. The molecule has 0 aromatic carbocycles. The summed E-state index contributed by atoms with van der Waals surface area (Å²) in [6.07, 6.45) is 75.1. The Balaban J connectivity index is 3.40. The molecule has 0 fully saturated rings. The third-order valence-electron chi connectivity index (χ3n) is 11.9. The molecule has 0 saturated carbocycles. The van der Waals surface area contributed by atoms with Gasteiger partial charge in [0.05, 0.1) is 18.8 Å². The van der Waals surface area contributed by atoms with Crippen LogP contribution in [0.4, 0.5) is 0 Å². The predicted molar refractivity (Wildman–Crippen MR) is 271 cm³/mol. The molecular weight excluding hydrogens is 747 g/mol. The van der Waals surface area contributed by atoms with Gasteiger partial charge in [-0.25, -0.2) is 0 Å². The van der Waals surface area contributed by atoms with E-state index in [0.717, 1.165) is 57.8 Å². The van der Waals surface area contributed by atoms with Crippen molar-refractivity contribution in [2.24, 2.45) is 0 Å². The number of allylic oxidation sites excluding steroid dienone is 11. The molecule has 0 aliphatic heterocycles. The fourth-order valence-electron chi connectivity index (χ4n) is 7.87. The van der Waals surface area contributed by atoms with Crippen LogP contribution in [0.2, 0.25) is 0 Å². The number of unbranched alkanes of at least 4 members (excludes halogenated alkanes) is 31. The lowest BCUT2D eigenvalue weighted by molar-refractivity contribution is -0.123.